The van der Waals surface area contributed by atoms with E-state index in [0.29, 0.717) is 0 Å². The number of nitrogens with two attached hydrogens (primary N) is 1. The molecule has 0 aromatic carbocycles. The average Bonchev–Trinajstić information content (AvgIpc) is 2.91. The fourth-order valence-corrected chi connectivity index (χ4v) is 2.40. The van der Waals surface area contributed by atoms with Crippen molar-refractivity contribution in [3.63, 3.8) is 0 Å². The quantitative estimate of drug-likeness (QED) is 0.656. The van der Waals surface area contributed by atoms with Crippen molar-refractivity contribution in [2.75, 3.05) is 17.4 Å². The molecule has 2 aromatic rings. The van der Waals surface area contributed by atoms with Gasteiger partial charge in [-0.2, -0.15) is 4.98 Å². The van der Waals surface area contributed by atoms with Gasteiger partial charge in [-0.15, -0.1) is 11.3 Å². The number of hydrogen-bond donors (Lipinski definition) is 2. The SMILES string of the molecule is CC(c1cccs1)N(C)c1nc(NN)ncc1F. The minimum atomic E-state index is -0.472. The third kappa shape index (κ3) is 2.41. The van der Waals surface area contributed by atoms with Gasteiger partial charge in [0, 0.05) is 11.9 Å². The second-order valence-electron chi connectivity index (χ2n) is 3.81. The molecule has 0 saturated carbocycles. The van der Waals surface area contributed by atoms with Crippen molar-refractivity contribution in [1.29, 1.82) is 0 Å². The van der Waals surface area contributed by atoms with Crippen LogP contribution in [0.2, 0.25) is 0 Å². The Balaban J connectivity index is 2.30. The van der Waals surface area contributed by atoms with Crippen LogP contribution in [-0.4, -0.2) is 17.0 Å². The minimum absolute atomic E-state index is 0.0278. The first-order valence-electron chi connectivity index (χ1n) is 5.39. The summed E-state index contributed by atoms with van der Waals surface area (Å²) in [5, 5.41) is 1.99. The van der Waals surface area contributed by atoms with Gasteiger partial charge in [-0.3, -0.25) is 5.43 Å². The Hall–Kier alpha value is -1.73. The zero-order valence-electron chi connectivity index (χ0n) is 10.1. The number of nitrogens with zero attached hydrogens (tertiary/aromatic N) is 3. The first kappa shape index (κ1) is 12.7. The number of hydrogen-bond acceptors (Lipinski definition) is 6. The molecule has 0 aliphatic heterocycles. The first-order valence-corrected chi connectivity index (χ1v) is 6.27. The molecule has 0 saturated heterocycles. The number of thiophene rings is 1. The maximum Gasteiger partial charge on any atom is 0.239 e. The van der Waals surface area contributed by atoms with Crippen LogP contribution in [0.25, 0.3) is 0 Å². The largest absolute Gasteiger partial charge is 0.350 e. The highest BCUT2D eigenvalue weighted by molar-refractivity contribution is 7.10. The Labute approximate surface area is 108 Å². The summed E-state index contributed by atoms with van der Waals surface area (Å²) in [5.74, 6) is 5.17. The van der Waals surface area contributed by atoms with Gasteiger partial charge in [0.05, 0.1) is 12.2 Å². The van der Waals surface area contributed by atoms with Crippen LogP contribution < -0.4 is 16.2 Å². The van der Waals surface area contributed by atoms with E-state index in [1.54, 1.807) is 23.3 Å². The summed E-state index contributed by atoms with van der Waals surface area (Å²) in [4.78, 5) is 10.6. The minimum Gasteiger partial charge on any atom is -0.350 e. The summed E-state index contributed by atoms with van der Waals surface area (Å²) in [6.45, 7) is 1.99. The maximum atomic E-state index is 13.7. The van der Waals surface area contributed by atoms with E-state index in [9.17, 15) is 4.39 Å². The number of hydrazine groups is 1. The van der Waals surface area contributed by atoms with Gasteiger partial charge in [-0.1, -0.05) is 6.07 Å². The molecule has 0 spiro atoms. The maximum absolute atomic E-state index is 13.7. The highest BCUT2D eigenvalue weighted by Gasteiger charge is 2.18. The fourth-order valence-electron chi connectivity index (χ4n) is 1.58. The van der Waals surface area contributed by atoms with Gasteiger partial charge in [0.1, 0.15) is 0 Å². The van der Waals surface area contributed by atoms with Crippen LogP contribution >= 0.6 is 11.3 Å². The number of halogens is 1. The van der Waals surface area contributed by atoms with Crippen LogP contribution in [0.15, 0.2) is 23.7 Å². The van der Waals surface area contributed by atoms with Gasteiger partial charge in [-0.05, 0) is 18.4 Å². The molecular weight excluding hydrogens is 253 g/mol. The van der Waals surface area contributed by atoms with Gasteiger partial charge in [0.2, 0.25) is 5.95 Å². The third-order valence-corrected chi connectivity index (χ3v) is 3.77. The molecule has 0 fully saturated rings. The Bertz CT molecular complexity index is 516. The predicted molar refractivity (Wildman–Crippen MR) is 70.9 cm³/mol. The summed E-state index contributed by atoms with van der Waals surface area (Å²) >= 11 is 1.62. The van der Waals surface area contributed by atoms with Crippen molar-refractivity contribution in [1.82, 2.24) is 9.97 Å². The summed E-state index contributed by atoms with van der Waals surface area (Å²) in [6.07, 6.45) is 1.11. The Kier molecular flexibility index (Phi) is 3.73. The number of aromatic nitrogens is 2. The van der Waals surface area contributed by atoms with E-state index in [4.69, 9.17) is 5.84 Å². The Morgan fingerprint density at radius 1 is 1.56 bits per heavy atom. The number of anilines is 2. The smallest absolute Gasteiger partial charge is 0.239 e. The van der Waals surface area contributed by atoms with Gasteiger partial charge in [0.25, 0.3) is 0 Å². The molecule has 0 radical (unpaired) electrons. The first-order chi connectivity index (χ1) is 8.63. The number of rotatable bonds is 4. The molecule has 3 N–H and O–H groups in total. The molecule has 2 rings (SSSR count). The van der Waals surface area contributed by atoms with Crippen molar-refractivity contribution < 1.29 is 4.39 Å². The van der Waals surface area contributed by atoms with Gasteiger partial charge < -0.3 is 4.90 Å². The zero-order valence-corrected chi connectivity index (χ0v) is 10.9. The summed E-state index contributed by atoms with van der Waals surface area (Å²) in [6, 6.07) is 4.00. The van der Waals surface area contributed by atoms with Crippen molar-refractivity contribution in [3.05, 3.63) is 34.4 Å². The van der Waals surface area contributed by atoms with Crippen LogP contribution in [0.1, 0.15) is 17.8 Å². The fraction of sp³-hybridized carbons (Fsp3) is 0.273. The molecule has 2 aromatic heterocycles. The summed E-state index contributed by atoms with van der Waals surface area (Å²) < 4.78 is 13.7. The number of nitrogen functional groups attached to an aromatic ring is 1. The third-order valence-electron chi connectivity index (χ3n) is 2.72. The van der Waals surface area contributed by atoms with Gasteiger partial charge >= 0.3 is 0 Å². The Morgan fingerprint density at radius 3 is 2.94 bits per heavy atom. The topological polar surface area (TPSA) is 67.1 Å². The van der Waals surface area contributed by atoms with E-state index in [2.05, 4.69) is 15.4 Å². The van der Waals surface area contributed by atoms with E-state index in [-0.39, 0.29) is 17.8 Å². The average molecular weight is 267 g/mol. The van der Waals surface area contributed by atoms with Crippen LogP contribution in [0.4, 0.5) is 16.2 Å². The van der Waals surface area contributed by atoms with Crippen molar-refractivity contribution in [2.24, 2.45) is 5.84 Å². The molecule has 0 aliphatic rings. The van der Waals surface area contributed by atoms with E-state index in [1.165, 1.54) is 0 Å². The van der Waals surface area contributed by atoms with Crippen LogP contribution in [-0.2, 0) is 0 Å². The molecular formula is C11H14FN5S. The lowest BCUT2D eigenvalue weighted by Gasteiger charge is -2.25. The molecule has 0 aliphatic carbocycles. The monoisotopic (exact) mass is 267 g/mol. The molecule has 1 atom stereocenters. The lowest BCUT2D eigenvalue weighted by Crippen LogP contribution is -2.24. The highest BCUT2D eigenvalue weighted by Crippen LogP contribution is 2.28. The van der Waals surface area contributed by atoms with Crippen LogP contribution in [0.3, 0.4) is 0 Å². The van der Waals surface area contributed by atoms with Crippen molar-refractivity contribution >= 4 is 23.1 Å². The Morgan fingerprint density at radius 2 is 2.33 bits per heavy atom. The summed E-state index contributed by atoms with van der Waals surface area (Å²) in [5.41, 5.74) is 2.31. The van der Waals surface area contributed by atoms with E-state index in [0.717, 1.165) is 11.1 Å². The normalized spacial score (nSPS) is 12.2. The van der Waals surface area contributed by atoms with E-state index >= 15 is 0 Å². The molecule has 0 bridgehead atoms. The molecule has 7 heteroatoms. The molecule has 5 nitrogen and oxygen atoms in total. The lowest BCUT2D eigenvalue weighted by molar-refractivity contribution is 0.597. The van der Waals surface area contributed by atoms with Crippen LogP contribution in [0, 0.1) is 5.82 Å². The summed E-state index contributed by atoms with van der Waals surface area (Å²) in [7, 11) is 1.79. The van der Waals surface area contributed by atoms with Crippen molar-refractivity contribution in [3.8, 4) is 0 Å². The predicted octanol–water partition coefficient (Wildman–Crippen LogP) is 2.16. The van der Waals surface area contributed by atoms with E-state index < -0.39 is 5.82 Å². The molecule has 1 unspecified atom stereocenters. The lowest BCUT2D eigenvalue weighted by atomic mass is 10.2. The van der Waals surface area contributed by atoms with Crippen molar-refractivity contribution in [2.45, 2.75) is 13.0 Å². The molecule has 96 valence electrons. The molecule has 0 amide bonds. The van der Waals surface area contributed by atoms with Gasteiger partial charge in [0.15, 0.2) is 11.6 Å². The zero-order chi connectivity index (χ0) is 13.1. The molecule has 18 heavy (non-hydrogen) atoms. The van der Waals surface area contributed by atoms with Gasteiger partial charge in [-0.25, -0.2) is 15.2 Å². The van der Waals surface area contributed by atoms with Crippen LogP contribution in [0.5, 0.6) is 0 Å². The standard InChI is InChI=1S/C11H14FN5S/c1-7(9-4-3-5-18-9)17(2)10-8(12)6-14-11(15-10)16-13/h3-7H,13H2,1-2H3,(H,14,15,16). The second kappa shape index (κ2) is 5.28. The second-order valence-corrected chi connectivity index (χ2v) is 4.79. The van der Waals surface area contributed by atoms with E-state index in [1.807, 2.05) is 24.4 Å². The highest BCUT2D eigenvalue weighted by atomic mass is 32.1. The number of nitrogens with one attached hydrogen (secondary N) is 1. The molecule has 2 heterocycles.